The summed E-state index contributed by atoms with van der Waals surface area (Å²) in [5.41, 5.74) is 2.54. The van der Waals surface area contributed by atoms with Gasteiger partial charge in [-0.05, 0) is 76.5 Å². The number of fused-ring (bicyclic) bond motifs is 1. The molecule has 15 heteroatoms. The van der Waals surface area contributed by atoms with Gasteiger partial charge in [-0.2, -0.15) is 8.99 Å². The van der Waals surface area contributed by atoms with Crippen molar-refractivity contribution >= 4 is 33.5 Å². The number of rotatable bonds is 11. The van der Waals surface area contributed by atoms with Crippen LogP contribution in [0.1, 0.15) is 60.8 Å². The molecule has 2 aliphatic heterocycles. The van der Waals surface area contributed by atoms with Crippen molar-refractivity contribution < 1.29 is 36.3 Å². The van der Waals surface area contributed by atoms with Crippen LogP contribution >= 0.6 is 0 Å². The van der Waals surface area contributed by atoms with Gasteiger partial charge in [0.05, 0.1) is 28.9 Å². The Morgan fingerprint density at radius 1 is 1.02 bits per heavy atom. The first-order valence-electron chi connectivity index (χ1n) is 15.6. The summed E-state index contributed by atoms with van der Waals surface area (Å²) in [6.45, 7) is 8.02. The summed E-state index contributed by atoms with van der Waals surface area (Å²) in [6.07, 6.45) is 1.06. The molecule has 0 unspecified atom stereocenters. The quantitative estimate of drug-likeness (QED) is 0.299. The van der Waals surface area contributed by atoms with Crippen molar-refractivity contribution in [3.63, 3.8) is 0 Å². The summed E-state index contributed by atoms with van der Waals surface area (Å²) < 4.78 is 67.5. The number of halogens is 2. The smallest absolute Gasteiger partial charge is 0.435 e. The lowest BCUT2D eigenvalue weighted by atomic mass is 10.1. The number of hydrogen-bond donors (Lipinski definition) is 2. The highest BCUT2D eigenvalue weighted by Gasteiger charge is 2.35. The van der Waals surface area contributed by atoms with Crippen LogP contribution in [0, 0.1) is 11.6 Å². The molecule has 3 aromatic rings. The van der Waals surface area contributed by atoms with Crippen LogP contribution < -0.4 is 10.6 Å². The Balaban J connectivity index is 1.48. The van der Waals surface area contributed by atoms with E-state index in [0.29, 0.717) is 29.6 Å². The van der Waals surface area contributed by atoms with Gasteiger partial charge in [-0.1, -0.05) is 6.07 Å². The molecule has 1 saturated heterocycles. The molecule has 0 bridgehead atoms. The van der Waals surface area contributed by atoms with Gasteiger partial charge >= 0.3 is 6.09 Å². The van der Waals surface area contributed by atoms with E-state index in [1.54, 1.807) is 27.0 Å². The Bertz CT molecular complexity index is 1720. The number of anilines is 2. The summed E-state index contributed by atoms with van der Waals surface area (Å²) in [5, 5.41) is 10.5. The molecule has 5 rings (SSSR count). The van der Waals surface area contributed by atoms with Crippen molar-refractivity contribution in [3.05, 3.63) is 70.4 Å². The third kappa shape index (κ3) is 7.97. The number of sulfonamides is 1. The molecule has 2 aromatic carbocycles. The van der Waals surface area contributed by atoms with Crippen LogP contribution in [0.15, 0.2) is 41.3 Å². The van der Waals surface area contributed by atoms with Gasteiger partial charge < -0.3 is 20.1 Å². The minimum atomic E-state index is -4.36. The molecule has 2 aliphatic rings. The molecule has 1 atom stereocenters. The number of methoxy groups -OCH3 is 1. The summed E-state index contributed by atoms with van der Waals surface area (Å²) in [6, 6.07) is 7.48. The van der Waals surface area contributed by atoms with Crippen LogP contribution in [0.5, 0.6) is 0 Å². The molecule has 1 fully saturated rings. The molecule has 0 radical (unpaired) electrons. The predicted molar refractivity (Wildman–Crippen MR) is 171 cm³/mol. The highest BCUT2D eigenvalue weighted by atomic mass is 32.2. The van der Waals surface area contributed by atoms with Gasteiger partial charge in [0, 0.05) is 56.5 Å². The van der Waals surface area contributed by atoms with Crippen LogP contribution in [0.25, 0.3) is 0 Å². The first-order chi connectivity index (χ1) is 22.3. The van der Waals surface area contributed by atoms with Gasteiger partial charge in [0.2, 0.25) is 10.0 Å². The Kier molecular flexibility index (Phi) is 10.6. The van der Waals surface area contributed by atoms with Crippen molar-refractivity contribution in [1.29, 1.82) is 0 Å². The van der Waals surface area contributed by atoms with Crippen molar-refractivity contribution in [2.45, 2.75) is 70.2 Å². The number of carbonyl (C=O) groups excluding carboxylic acids is 2. The number of hydrogen-bond acceptors (Lipinski definition) is 9. The second-order valence-electron chi connectivity index (χ2n) is 12.1. The van der Waals surface area contributed by atoms with E-state index in [9.17, 15) is 26.8 Å². The normalized spacial score (nSPS) is 16.2. The monoisotopic (exact) mass is 674 g/mol. The number of likely N-dealkylation sites (tertiary alicyclic amines) is 1. The second-order valence-corrected chi connectivity index (χ2v) is 14.1. The van der Waals surface area contributed by atoms with E-state index < -0.39 is 44.7 Å². The first-order valence-corrected chi connectivity index (χ1v) is 17.0. The Morgan fingerprint density at radius 3 is 2.38 bits per heavy atom. The lowest BCUT2D eigenvalue weighted by molar-refractivity contribution is 0.102. The van der Waals surface area contributed by atoms with E-state index in [2.05, 4.69) is 20.6 Å². The van der Waals surface area contributed by atoms with E-state index in [1.807, 2.05) is 19.1 Å². The second kappa shape index (κ2) is 14.5. The summed E-state index contributed by atoms with van der Waals surface area (Å²) >= 11 is 0. The highest BCUT2D eigenvalue weighted by Crippen LogP contribution is 2.32. The van der Waals surface area contributed by atoms with Gasteiger partial charge in [0.15, 0.2) is 5.82 Å². The fourth-order valence-electron chi connectivity index (χ4n) is 5.87. The Morgan fingerprint density at radius 2 is 1.72 bits per heavy atom. The summed E-state index contributed by atoms with van der Waals surface area (Å²) in [4.78, 5) is 28.7. The van der Waals surface area contributed by atoms with Crippen LogP contribution in [0.3, 0.4) is 0 Å². The molecule has 0 aliphatic carbocycles. The number of nitrogens with one attached hydrogen (secondary N) is 2. The predicted octanol–water partition coefficient (Wildman–Crippen LogP) is 4.60. The van der Waals surface area contributed by atoms with E-state index in [4.69, 9.17) is 9.47 Å². The average Bonchev–Trinajstić information content (AvgIpc) is 3.64. The molecule has 1 aromatic heterocycles. The van der Waals surface area contributed by atoms with Gasteiger partial charge in [-0.3, -0.25) is 9.69 Å². The van der Waals surface area contributed by atoms with Crippen LogP contribution in [-0.2, 0) is 39.0 Å². The molecule has 0 saturated carbocycles. The number of amides is 1. The Hall–Kier alpha value is -3.92. The van der Waals surface area contributed by atoms with E-state index in [0.717, 1.165) is 59.2 Å². The summed E-state index contributed by atoms with van der Waals surface area (Å²) in [7, 11) is -2.77. The van der Waals surface area contributed by atoms with Crippen LogP contribution in [-0.4, -0.2) is 84.9 Å². The summed E-state index contributed by atoms with van der Waals surface area (Å²) in [5.74, 6) is -2.64. The molecular formula is C32H40F2N6O6S. The fraction of sp³-hybridized carbons (Fsp3) is 0.469. The number of carbonyl (C=O) groups is 2. The Labute approximate surface area is 273 Å². The molecule has 3 heterocycles. The molecule has 1 amide bonds. The van der Waals surface area contributed by atoms with E-state index >= 15 is 0 Å². The molecule has 254 valence electrons. The topological polar surface area (TPSA) is 135 Å². The van der Waals surface area contributed by atoms with E-state index in [-0.39, 0.29) is 36.9 Å². The maximum atomic E-state index is 14.0. The molecule has 2 N–H and O–H groups in total. The largest absolute Gasteiger partial charge is 0.445 e. The zero-order chi connectivity index (χ0) is 33.9. The minimum Gasteiger partial charge on any atom is -0.445 e. The third-order valence-corrected chi connectivity index (χ3v) is 9.81. The molecule has 0 spiro atoms. The maximum Gasteiger partial charge on any atom is 0.435 e. The zero-order valence-electron chi connectivity index (χ0n) is 26.9. The van der Waals surface area contributed by atoms with Crippen LogP contribution in [0.4, 0.5) is 25.1 Å². The van der Waals surface area contributed by atoms with Crippen molar-refractivity contribution in [3.8, 4) is 0 Å². The van der Waals surface area contributed by atoms with E-state index in [1.165, 1.54) is 0 Å². The first kappa shape index (κ1) is 34.4. The number of ether oxygens (including phenoxy) is 2. The SMILES string of the molecule is COC[C@H](C)Nc1cc(CN2CCCC2)ccc1C(=O)Nc1nn(C(=O)OC(C)C)c2c1CN(S(=O)(=O)c1cc(F)cc(F)c1)CC2. The average molecular weight is 675 g/mol. The van der Waals surface area contributed by atoms with Gasteiger partial charge in [-0.25, -0.2) is 22.0 Å². The minimum absolute atomic E-state index is 0.0228. The van der Waals surface area contributed by atoms with Crippen molar-refractivity contribution in [2.24, 2.45) is 0 Å². The maximum absolute atomic E-state index is 14.0. The van der Waals surface area contributed by atoms with Gasteiger partial charge in [0.25, 0.3) is 5.91 Å². The lowest BCUT2D eigenvalue weighted by Crippen LogP contribution is -2.37. The fourth-order valence-corrected chi connectivity index (χ4v) is 7.32. The van der Waals surface area contributed by atoms with Crippen molar-refractivity contribution in [2.75, 3.05) is 44.0 Å². The highest BCUT2D eigenvalue weighted by molar-refractivity contribution is 7.89. The van der Waals surface area contributed by atoms with Gasteiger partial charge in [0.1, 0.15) is 11.6 Å². The lowest BCUT2D eigenvalue weighted by Gasteiger charge is -2.27. The number of nitrogens with zero attached hydrogens (tertiary/aromatic N) is 4. The van der Waals surface area contributed by atoms with Gasteiger partial charge in [-0.15, -0.1) is 5.10 Å². The molecule has 12 nitrogen and oxygen atoms in total. The van der Waals surface area contributed by atoms with Crippen LogP contribution in [0.2, 0.25) is 0 Å². The number of benzene rings is 2. The zero-order valence-corrected chi connectivity index (χ0v) is 27.7. The van der Waals surface area contributed by atoms with Crippen molar-refractivity contribution in [1.82, 2.24) is 19.0 Å². The third-order valence-electron chi connectivity index (χ3n) is 7.99. The molecule has 47 heavy (non-hydrogen) atoms. The molecular weight excluding hydrogens is 634 g/mol. The standard InChI is InChI=1S/C32H40F2N6O6S/c1-20(2)46-32(42)40-29-9-12-39(47(43,44)25-15-23(33)14-24(34)16-25)18-27(29)30(37-40)36-31(41)26-8-7-22(17-38-10-5-6-11-38)13-28(26)35-21(3)19-45-4/h7-8,13-16,20-21,35H,5-6,9-12,17-19H2,1-4H3,(H,36,37,41)/t21-/m0/s1. The number of aromatic nitrogens is 2.